The number of halogens is 2. The van der Waals surface area contributed by atoms with E-state index in [9.17, 15) is 4.79 Å². The molecule has 138 valence electrons. The van der Waals surface area contributed by atoms with E-state index in [-0.39, 0.29) is 36.1 Å². The number of aromatic nitrogens is 1. The predicted octanol–water partition coefficient (Wildman–Crippen LogP) is 2.29. The van der Waals surface area contributed by atoms with Crippen LogP contribution in [0.1, 0.15) is 18.5 Å². The van der Waals surface area contributed by atoms with Gasteiger partial charge in [-0.1, -0.05) is 6.07 Å². The Bertz CT molecular complexity index is 454. The molecule has 1 aromatic rings. The summed E-state index contributed by atoms with van der Waals surface area (Å²) in [6.07, 6.45) is 3.87. The molecule has 1 fully saturated rings. The van der Waals surface area contributed by atoms with Crippen LogP contribution in [0.5, 0.6) is 0 Å². The van der Waals surface area contributed by atoms with Crippen molar-refractivity contribution < 1.29 is 9.53 Å². The standard InChI is InChI=1S/C16H25N3O2S.2ClH/c1-21-13-16(5-8-17-9-6-16)12-19-15(20)11-22-10-14-4-2-3-7-18-14;;/h2-4,7,17H,5-6,8-13H2,1H3,(H,19,20);2*1H. The molecule has 1 amide bonds. The van der Waals surface area contributed by atoms with Gasteiger partial charge in [0.25, 0.3) is 0 Å². The van der Waals surface area contributed by atoms with E-state index in [2.05, 4.69) is 15.6 Å². The first-order valence-electron chi connectivity index (χ1n) is 7.68. The second-order valence-electron chi connectivity index (χ2n) is 5.77. The number of hydrogen-bond donors (Lipinski definition) is 2. The molecule has 1 aliphatic heterocycles. The molecule has 2 N–H and O–H groups in total. The van der Waals surface area contributed by atoms with E-state index in [1.165, 1.54) is 0 Å². The molecule has 0 aliphatic carbocycles. The third kappa shape index (κ3) is 8.03. The molecule has 1 saturated heterocycles. The van der Waals surface area contributed by atoms with Crippen molar-refractivity contribution in [1.29, 1.82) is 0 Å². The van der Waals surface area contributed by atoms with Crippen LogP contribution in [0.2, 0.25) is 0 Å². The summed E-state index contributed by atoms with van der Waals surface area (Å²) in [6, 6.07) is 5.84. The fourth-order valence-corrected chi connectivity index (χ4v) is 3.47. The number of amides is 1. The molecule has 1 aromatic heterocycles. The minimum absolute atomic E-state index is 0. The van der Waals surface area contributed by atoms with Crippen LogP contribution in [-0.4, -0.2) is 50.0 Å². The Labute approximate surface area is 160 Å². The van der Waals surface area contributed by atoms with Gasteiger partial charge in [-0.3, -0.25) is 9.78 Å². The van der Waals surface area contributed by atoms with Crippen molar-refractivity contribution >= 4 is 42.5 Å². The highest BCUT2D eigenvalue weighted by atomic mass is 35.5. The molecular formula is C16H27Cl2N3O2S. The minimum Gasteiger partial charge on any atom is -0.384 e. The van der Waals surface area contributed by atoms with Crippen LogP contribution < -0.4 is 10.6 Å². The van der Waals surface area contributed by atoms with Crippen LogP contribution in [0.3, 0.4) is 0 Å². The summed E-state index contributed by atoms with van der Waals surface area (Å²) in [7, 11) is 1.73. The molecular weight excluding hydrogens is 369 g/mol. The van der Waals surface area contributed by atoms with E-state index in [0.717, 1.165) is 37.4 Å². The van der Waals surface area contributed by atoms with Crippen LogP contribution >= 0.6 is 36.6 Å². The summed E-state index contributed by atoms with van der Waals surface area (Å²) in [6.45, 7) is 3.39. The fraction of sp³-hybridized carbons (Fsp3) is 0.625. The summed E-state index contributed by atoms with van der Waals surface area (Å²) in [5.41, 5.74) is 1.09. The zero-order chi connectivity index (χ0) is 15.7. The maximum Gasteiger partial charge on any atom is 0.230 e. The summed E-state index contributed by atoms with van der Waals surface area (Å²) in [5.74, 6) is 1.33. The third-order valence-electron chi connectivity index (χ3n) is 3.98. The monoisotopic (exact) mass is 395 g/mol. The lowest BCUT2D eigenvalue weighted by Crippen LogP contribution is -2.47. The molecule has 0 bridgehead atoms. The van der Waals surface area contributed by atoms with Gasteiger partial charge in [-0.05, 0) is 38.1 Å². The number of carbonyl (C=O) groups excluding carboxylic acids is 1. The Morgan fingerprint density at radius 3 is 2.75 bits per heavy atom. The van der Waals surface area contributed by atoms with Gasteiger partial charge in [-0.2, -0.15) is 0 Å². The van der Waals surface area contributed by atoms with Crippen LogP contribution in [0.4, 0.5) is 0 Å². The molecule has 2 rings (SSSR count). The maximum absolute atomic E-state index is 12.0. The van der Waals surface area contributed by atoms with Crippen molar-refractivity contribution in [2.45, 2.75) is 18.6 Å². The number of methoxy groups -OCH3 is 1. The van der Waals surface area contributed by atoms with Crippen molar-refractivity contribution in [1.82, 2.24) is 15.6 Å². The Morgan fingerprint density at radius 2 is 2.12 bits per heavy atom. The molecule has 0 aromatic carbocycles. The lowest BCUT2D eigenvalue weighted by Gasteiger charge is -2.37. The van der Waals surface area contributed by atoms with Gasteiger partial charge < -0.3 is 15.4 Å². The molecule has 24 heavy (non-hydrogen) atoms. The number of nitrogens with one attached hydrogen (secondary N) is 2. The molecule has 5 nitrogen and oxygen atoms in total. The second-order valence-corrected chi connectivity index (χ2v) is 6.76. The van der Waals surface area contributed by atoms with Gasteiger partial charge in [0.05, 0.1) is 18.1 Å². The molecule has 0 atom stereocenters. The number of thioether (sulfide) groups is 1. The smallest absolute Gasteiger partial charge is 0.230 e. The number of nitrogens with zero attached hydrogens (tertiary/aromatic N) is 1. The summed E-state index contributed by atoms with van der Waals surface area (Å²) < 4.78 is 5.36. The molecule has 0 spiro atoms. The summed E-state index contributed by atoms with van der Waals surface area (Å²) in [4.78, 5) is 16.3. The number of rotatable bonds is 8. The molecule has 0 radical (unpaired) electrons. The Balaban J connectivity index is 0.00000264. The van der Waals surface area contributed by atoms with Gasteiger partial charge >= 0.3 is 0 Å². The van der Waals surface area contributed by atoms with E-state index in [1.54, 1.807) is 25.1 Å². The van der Waals surface area contributed by atoms with Crippen LogP contribution in [-0.2, 0) is 15.3 Å². The Hall–Kier alpha value is -0.530. The van der Waals surface area contributed by atoms with Gasteiger partial charge in [0.2, 0.25) is 5.91 Å². The quantitative estimate of drug-likeness (QED) is 0.706. The molecule has 1 aliphatic rings. The molecule has 2 heterocycles. The van der Waals surface area contributed by atoms with E-state index >= 15 is 0 Å². The fourth-order valence-electron chi connectivity index (χ4n) is 2.70. The lowest BCUT2D eigenvalue weighted by molar-refractivity contribution is -0.119. The van der Waals surface area contributed by atoms with E-state index in [0.29, 0.717) is 18.9 Å². The third-order valence-corrected chi connectivity index (χ3v) is 4.95. The molecule has 0 saturated carbocycles. The largest absolute Gasteiger partial charge is 0.384 e. The first-order valence-corrected chi connectivity index (χ1v) is 8.84. The summed E-state index contributed by atoms with van der Waals surface area (Å²) in [5, 5.41) is 6.44. The number of ether oxygens (including phenoxy) is 1. The molecule has 8 heteroatoms. The van der Waals surface area contributed by atoms with Gasteiger partial charge in [-0.25, -0.2) is 0 Å². The van der Waals surface area contributed by atoms with Gasteiger partial charge in [0.15, 0.2) is 0 Å². The lowest BCUT2D eigenvalue weighted by atomic mass is 9.79. The van der Waals surface area contributed by atoms with E-state index in [4.69, 9.17) is 4.74 Å². The Morgan fingerprint density at radius 1 is 1.38 bits per heavy atom. The van der Waals surface area contributed by atoms with Crippen LogP contribution in [0.25, 0.3) is 0 Å². The topological polar surface area (TPSA) is 63.2 Å². The summed E-state index contributed by atoms with van der Waals surface area (Å²) >= 11 is 1.60. The number of pyridine rings is 1. The van der Waals surface area contributed by atoms with Crippen LogP contribution in [0.15, 0.2) is 24.4 Å². The van der Waals surface area contributed by atoms with E-state index in [1.807, 2.05) is 18.2 Å². The van der Waals surface area contributed by atoms with E-state index < -0.39 is 0 Å². The minimum atomic E-state index is 0. The van der Waals surface area contributed by atoms with Crippen molar-refractivity contribution in [2.24, 2.45) is 5.41 Å². The number of carbonyl (C=O) groups is 1. The highest BCUT2D eigenvalue weighted by Crippen LogP contribution is 2.28. The zero-order valence-corrected chi connectivity index (χ0v) is 16.4. The van der Waals surface area contributed by atoms with Crippen molar-refractivity contribution in [3.05, 3.63) is 30.1 Å². The van der Waals surface area contributed by atoms with Gasteiger partial charge in [-0.15, -0.1) is 36.6 Å². The number of hydrogen-bond acceptors (Lipinski definition) is 5. The average molecular weight is 396 g/mol. The highest BCUT2D eigenvalue weighted by Gasteiger charge is 2.32. The van der Waals surface area contributed by atoms with Gasteiger partial charge in [0, 0.05) is 31.0 Å². The second kappa shape index (κ2) is 12.8. The van der Waals surface area contributed by atoms with Crippen molar-refractivity contribution in [2.75, 3.05) is 39.1 Å². The zero-order valence-electron chi connectivity index (χ0n) is 14.0. The van der Waals surface area contributed by atoms with Crippen LogP contribution in [0, 0.1) is 5.41 Å². The first kappa shape index (κ1) is 23.5. The first-order chi connectivity index (χ1) is 10.7. The molecule has 0 unspecified atom stereocenters. The highest BCUT2D eigenvalue weighted by molar-refractivity contribution is 7.99. The predicted molar refractivity (Wildman–Crippen MR) is 104 cm³/mol. The van der Waals surface area contributed by atoms with Crippen molar-refractivity contribution in [3.63, 3.8) is 0 Å². The SMILES string of the molecule is COCC1(CNC(=O)CSCc2ccccn2)CCNCC1.Cl.Cl. The number of piperidine rings is 1. The Kier molecular flexibility index (Phi) is 12.5. The average Bonchev–Trinajstić information content (AvgIpc) is 2.55. The van der Waals surface area contributed by atoms with Gasteiger partial charge in [0.1, 0.15) is 0 Å². The van der Waals surface area contributed by atoms with Crippen molar-refractivity contribution in [3.8, 4) is 0 Å². The normalized spacial score (nSPS) is 15.7. The maximum atomic E-state index is 12.0.